The van der Waals surface area contributed by atoms with Gasteiger partial charge in [0.05, 0.1) is 7.11 Å². The van der Waals surface area contributed by atoms with Gasteiger partial charge in [0, 0.05) is 5.56 Å². The maximum Gasteiger partial charge on any atom is 0.336 e. The second-order valence-electron chi connectivity index (χ2n) is 3.41. The van der Waals surface area contributed by atoms with E-state index < -0.39 is 23.7 Å². The van der Waals surface area contributed by atoms with Crippen molar-refractivity contribution < 1.29 is 19.1 Å². The number of methoxy groups -OCH3 is 1. The van der Waals surface area contributed by atoms with E-state index in [-0.39, 0.29) is 0 Å². The van der Waals surface area contributed by atoms with E-state index in [4.69, 9.17) is 0 Å². The molecule has 0 spiro atoms. The first kappa shape index (κ1) is 12.9. The number of benzene rings is 1. The molecular formula is C12H13NO4. The normalized spacial score (nSPS) is 11.4. The van der Waals surface area contributed by atoms with E-state index in [2.05, 4.69) is 10.1 Å². The molecule has 5 nitrogen and oxygen atoms in total. The molecule has 90 valence electrons. The van der Waals surface area contributed by atoms with Gasteiger partial charge in [-0.2, -0.15) is 0 Å². The van der Waals surface area contributed by atoms with Crippen LogP contribution in [-0.4, -0.2) is 30.8 Å². The fraction of sp³-hybridized carbons (Fsp3) is 0.250. The van der Waals surface area contributed by atoms with Crippen molar-refractivity contribution in [2.24, 2.45) is 0 Å². The van der Waals surface area contributed by atoms with Gasteiger partial charge in [0.1, 0.15) is 0 Å². The molecule has 0 aliphatic carbocycles. The Labute approximate surface area is 98.8 Å². The Balaban J connectivity index is 2.78. The molecule has 5 heteroatoms. The Hall–Kier alpha value is -2.17. The summed E-state index contributed by atoms with van der Waals surface area (Å²) < 4.78 is 4.44. The fourth-order valence-electron chi connectivity index (χ4n) is 1.25. The van der Waals surface area contributed by atoms with E-state index >= 15 is 0 Å². The highest BCUT2D eigenvalue weighted by molar-refractivity contribution is 6.07. The van der Waals surface area contributed by atoms with Gasteiger partial charge >= 0.3 is 5.97 Å². The molecule has 1 aromatic carbocycles. The molecule has 0 saturated heterocycles. The third-order valence-electron chi connectivity index (χ3n) is 2.15. The van der Waals surface area contributed by atoms with Crippen LogP contribution in [0.5, 0.6) is 0 Å². The van der Waals surface area contributed by atoms with Gasteiger partial charge in [-0.05, 0) is 19.1 Å². The van der Waals surface area contributed by atoms with Crippen molar-refractivity contribution in [2.45, 2.75) is 13.0 Å². The van der Waals surface area contributed by atoms with Gasteiger partial charge in [0.2, 0.25) is 0 Å². The lowest BCUT2D eigenvalue weighted by Crippen LogP contribution is -2.46. The predicted molar refractivity (Wildman–Crippen MR) is 60.4 cm³/mol. The van der Waals surface area contributed by atoms with Crippen molar-refractivity contribution in [3.05, 3.63) is 35.9 Å². The molecule has 1 N–H and O–H groups in total. The summed E-state index contributed by atoms with van der Waals surface area (Å²) in [5, 5.41) is 2.32. The number of esters is 1. The van der Waals surface area contributed by atoms with Crippen LogP contribution in [0.2, 0.25) is 0 Å². The second-order valence-corrected chi connectivity index (χ2v) is 3.41. The summed E-state index contributed by atoms with van der Waals surface area (Å²) in [6.07, 6.45) is 0. The summed E-state index contributed by atoms with van der Waals surface area (Å²) in [5.41, 5.74) is 0.377. The molecule has 0 saturated carbocycles. The zero-order valence-electron chi connectivity index (χ0n) is 9.60. The topological polar surface area (TPSA) is 72.5 Å². The van der Waals surface area contributed by atoms with Crippen LogP contribution in [-0.2, 0) is 14.3 Å². The van der Waals surface area contributed by atoms with Gasteiger partial charge in [-0.15, -0.1) is 0 Å². The van der Waals surface area contributed by atoms with E-state index in [0.717, 1.165) is 7.11 Å². The zero-order chi connectivity index (χ0) is 12.8. The lowest BCUT2D eigenvalue weighted by atomic mass is 10.1. The Morgan fingerprint density at radius 3 is 2.24 bits per heavy atom. The molecule has 1 rings (SSSR count). The molecule has 0 heterocycles. The first-order valence-corrected chi connectivity index (χ1v) is 5.00. The molecule has 1 atom stereocenters. The highest BCUT2D eigenvalue weighted by Gasteiger charge is 2.26. The number of rotatable bonds is 4. The molecule has 0 aromatic heterocycles. The van der Waals surface area contributed by atoms with Crippen LogP contribution in [0, 0.1) is 0 Å². The average molecular weight is 235 g/mol. The number of nitrogens with one attached hydrogen (secondary N) is 1. The molecule has 0 unspecified atom stereocenters. The van der Waals surface area contributed by atoms with Crippen molar-refractivity contribution >= 4 is 17.7 Å². The zero-order valence-corrected chi connectivity index (χ0v) is 9.60. The number of ketones is 1. The molecule has 1 amide bonds. The van der Waals surface area contributed by atoms with E-state index in [9.17, 15) is 14.4 Å². The summed E-state index contributed by atoms with van der Waals surface area (Å²) in [7, 11) is 1.16. The van der Waals surface area contributed by atoms with Gasteiger partial charge < -0.3 is 10.1 Å². The third-order valence-corrected chi connectivity index (χ3v) is 2.15. The van der Waals surface area contributed by atoms with Gasteiger partial charge in [-0.25, -0.2) is 4.79 Å². The van der Waals surface area contributed by atoms with Crippen molar-refractivity contribution in [1.29, 1.82) is 0 Å². The largest absolute Gasteiger partial charge is 0.467 e. The number of ether oxygens (including phenoxy) is 1. The lowest BCUT2D eigenvalue weighted by Gasteiger charge is -2.13. The molecule has 0 aliphatic heterocycles. The number of amides is 1. The Kier molecular flexibility index (Phi) is 4.39. The van der Waals surface area contributed by atoms with Gasteiger partial charge in [0.15, 0.2) is 11.8 Å². The van der Waals surface area contributed by atoms with Crippen LogP contribution in [0.25, 0.3) is 0 Å². The highest BCUT2D eigenvalue weighted by Crippen LogP contribution is 2.00. The minimum Gasteiger partial charge on any atom is -0.467 e. The fourth-order valence-corrected chi connectivity index (χ4v) is 1.25. The Bertz CT molecular complexity index is 427. The van der Waals surface area contributed by atoms with Crippen LogP contribution in [0.3, 0.4) is 0 Å². The summed E-state index contributed by atoms with van der Waals surface area (Å²) >= 11 is 0. The monoisotopic (exact) mass is 235 g/mol. The number of hydrogen-bond donors (Lipinski definition) is 1. The van der Waals surface area contributed by atoms with E-state index in [1.807, 2.05) is 0 Å². The second kappa shape index (κ2) is 5.79. The highest BCUT2D eigenvalue weighted by atomic mass is 16.5. The van der Waals surface area contributed by atoms with E-state index in [0.29, 0.717) is 5.56 Å². The molecule has 1 aromatic rings. The van der Waals surface area contributed by atoms with Gasteiger partial charge in [0.25, 0.3) is 5.91 Å². The smallest absolute Gasteiger partial charge is 0.336 e. The maximum atomic E-state index is 11.7. The molecular weight excluding hydrogens is 222 g/mol. The Morgan fingerprint density at radius 1 is 1.18 bits per heavy atom. The van der Waals surface area contributed by atoms with E-state index in [1.165, 1.54) is 6.92 Å². The first-order chi connectivity index (χ1) is 8.06. The van der Waals surface area contributed by atoms with Crippen molar-refractivity contribution in [1.82, 2.24) is 5.32 Å². The summed E-state index contributed by atoms with van der Waals surface area (Å²) in [4.78, 5) is 34.2. The van der Waals surface area contributed by atoms with Crippen molar-refractivity contribution in [3.8, 4) is 0 Å². The van der Waals surface area contributed by atoms with Crippen molar-refractivity contribution in [2.75, 3.05) is 7.11 Å². The van der Waals surface area contributed by atoms with Crippen LogP contribution in [0.4, 0.5) is 0 Å². The standard InChI is InChI=1S/C12H13NO4/c1-8(14)10(12(16)17-2)13-11(15)9-6-4-3-5-7-9/h3-7,10H,1-2H3,(H,13,15)/t10-/m0/s1. The van der Waals surface area contributed by atoms with Crippen LogP contribution in [0.1, 0.15) is 17.3 Å². The Morgan fingerprint density at radius 2 is 1.76 bits per heavy atom. The number of Topliss-reactive ketones (excluding diaryl/α,β-unsaturated/α-hetero) is 1. The SMILES string of the molecule is COC(=O)[C@@H](NC(=O)c1ccccc1)C(C)=O. The number of carbonyl (C=O) groups is 3. The van der Waals surface area contributed by atoms with E-state index in [1.54, 1.807) is 30.3 Å². The molecule has 0 radical (unpaired) electrons. The van der Waals surface area contributed by atoms with Gasteiger partial charge in [-0.3, -0.25) is 9.59 Å². The predicted octanol–water partition coefficient (Wildman–Crippen LogP) is 0.547. The summed E-state index contributed by atoms with van der Waals surface area (Å²) in [6.45, 7) is 1.22. The quantitative estimate of drug-likeness (QED) is 0.611. The molecule has 0 aliphatic rings. The average Bonchev–Trinajstić information content (AvgIpc) is 2.35. The lowest BCUT2D eigenvalue weighted by molar-refractivity contribution is -0.145. The number of hydrogen-bond acceptors (Lipinski definition) is 4. The minimum atomic E-state index is -1.26. The molecule has 17 heavy (non-hydrogen) atoms. The third kappa shape index (κ3) is 3.41. The number of carbonyl (C=O) groups excluding carboxylic acids is 3. The summed E-state index contributed by atoms with van der Waals surface area (Å²) in [6, 6.07) is 7.06. The first-order valence-electron chi connectivity index (χ1n) is 5.00. The van der Waals surface area contributed by atoms with Crippen molar-refractivity contribution in [3.63, 3.8) is 0 Å². The summed E-state index contributed by atoms with van der Waals surface area (Å²) in [5.74, 6) is -1.74. The van der Waals surface area contributed by atoms with Crippen LogP contribution in [0.15, 0.2) is 30.3 Å². The minimum absolute atomic E-state index is 0.377. The maximum absolute atomic E-state index is 11.7. The van der Waals surface area contributed by atoms with Crippen LogP contribution >= 0.6 is 0 Å². The molecule has 0 bridgehead atoms. The van der Waals surface area contributed by atoms with Gasteiger partial charge in [-0.1, -0.05) is 18.2 Å². The molecule has 0 fully saturated rings. The van der Waals surface area contributed by atoms with Crippen LogP contribution < -0.4 is 5.32 Å².